The molecule has 0 amide bonds. The lowest BCUT2D eigenvalue weighted by molar-refractivity contribution is 0.0691. The highest BCUT2D eigenvalue weighted by Crippen LogP contribution is 2.26. The van der Waals surface area contributed by atoms with Crippen molar-refractivity contribution >= 4 is 12.0 Å². The first-order valence-corrected chi connectivity index (χ1v) is 4.33. The van der Waals surface area contributed by atoms with Crippen LogP contribution in [0.25, 0.3) is 11.3 Å². The molecule has 0 bridgehead atoms. The Kier molecular flexibility index (Phi) is 2.32. The van der Waals surface area contributed by atoms with Gasteiger partial charge in [-0.15, -0.1) is 0 Å². The van der Waals surface area contributed by atoms with Crippen LogP contribution in [0, 0.1) is 5.82 Å². The molecule has 0 saturated carbocycles. The summed E-state index contributed by atoms with van der Waals surface area (Å²) < 4.78 is 17.6. The molecule has 0 aliphatic rings. The fourth-order valence-corrected chi connectivity index (χ4v) is 1.28. The summed E-state index contributed by atoms with van der Waals surface area (Å²) >= 11 is 0. The monoisotopic (exact) mass is 222 g/mol. The van der Waals surface area contributed by atoms with Crippen LogP contribution in [0.2, 0.25) is 0 Å². The molecule has 16 heavy (non-hydrogen) atoms. The Morgan fingerprint density at radius 1 is 1.38 bits per heavy atom. The number of aromatic nitrogens is 1. The third kappa shape index (κ3) is 1.72. The molecule has 0 fully saturated rings. The third-order valence-electron chi connectivity index (χ3n) is 1.95. The number of carbonyl (C=O) groups is 1. The number of rotatable bonds is 2. The molecule has 0 saturated heterocycles. The van der Waals surface area contributed by atoms with Crippen molar-refractivity contribution < 1.29 is 18.7 Å². The van der Waals surface area contributed by atoms with E-state index in [1.165, 1.54) is 24.3 Å². The fraction of sp³-hybridized carbons (Fsp3) is 0. The molecular formula is C10H7FN2O3. The SMILES string of the molecule is Nc1nc(C(=O)O)c(-c2ccc(F)cc2)o1. The molecule has 0 spiro atoms. The van der Waals surface area contributed by atoms with Gasteiger partial charge in [0.25, 0.3) is 6.01 Å². The van der Waals surface area contributed by atoms with E-state index in [-0.39, 0.29) is 17.5 Å². The van der Waals surface area contributed by atoms with E-state index in [0.29, 0.717) is 5.56 Å². The summed E-state index contributed by atoms with van der Waals surface area (Å²) in [6.07, 6.45) is 0. The molecule has 3 N–H and O–H groups in total. The van der Waals surface area contributed by atoms with E-state index < -0.39 is 11.8 Å². The standard InChI is InChI=1S/C10H7FN2O3/c11-6-3-1-5(2-4-6)8-7(9(14)15)13-10(12)16-8/h1-4H,(H2,12,13)(H,14,15). The van der Waals surface area contributed by atoms with Crippen molar-refractivity contribution in [2.45, 2.75) is 0 Å². The second-order valence-corrected chi connectivity index (χ2v) is 3.04. The smallest absolute Gasteiger partial charge is 0.358 e. The maximum absolute atomic E-state index is 12.7. The molecule has 0 radical (unpaired) electrons. The summed E-state index contributed by atoms with van der Waals surface area (Å²) in [5, 5.41) is 8.84. The Labute approximate surface area is 89.3 Å². The highest BCUT2D eigenvalue weighted by molar-refractivity contribution is 5.92. The molecule has 5 nitrogen and oxygen atoms in total. The number of nitrogen functional groups attached to an aromatic ring is 1. The maximum Gasteiger partial charge on any atom is 0.358 e. The first-order valence-electron chi connectivity index (χ1n) is 4.33. The average molecular weight is 222 g/mol. The Balaban J connectivity index is 2.55. The van der Waals surface area contributed by atoms with Crippen LogP contribution < -0.4 is 5.73 Å². The molecule has 0 aliphatic carbocycles. The quantitative estimate of drug-likeness (QED) is 0.808. The molecule has 6 heteroatoms. The zero-order valence-electron chi connectivity index (χ0n) is 7.98. The van der Waals surface area contributed by atoms with Gasteiger partial charge >= 0.3 is 5.97 Å². The normalized spacial score (nSPS) is 10.3. The minimum Gasteiger partial charge on any atom is -0.476 e. The Bertz CT molecular complexity index is 533. The Morgan fingerprint density at radius 2 is 2.00 bits per heavy atom. The lowest BCUT2D eigenvalue weighted by atomic mass is 10.1. The van der Waals surface area contributed by atoms with Gasteiger partial charge in [0.2, 0.25) is 0 Å². The summed E-state index contributed by atoms with van der Waals surface area (Å²) in [5.74, 6) is -1.65. The van der Waals surface area contributed by atoms with Gasteiger partial charge in [-0.05, 0) is 24.3 Å². The van der Waals surface area contributed by atoms with Crippen LogP contribution in [0.1, 0.15) is 10.5 Å². The zero-order valence-corrected chi connectivity index (χ0v) is 7.98. The van der Waals surface area contributed by atoms with Crippen LogP contribution in [0.15, 0.2) is 28.7 Å². The van der Waals surface area contributed by atoms with Gasteiger partial charge < -0.3 is 15.3 Å². The minimum atomic E-state index is -1.25. The van der Waals surface area contributed by atoms with Crippen molar-refractivity contribution in [1.29, 1.82) is 0 Å². The number of benzene rings is 1. The van der Waals surface area contributed by atoms with Crippen molar-refractivity contribution in [3.8, 4) is 11.3 Å². The molecule has 82 valence electrons. The van der Waals surface area contributed by atoms with Crippen molar-refractivity contribution in [1.82, 2.24) is 4.98 Å². The van der Waals surface area contributed by atoms with Gasteiger partial charge in [-0.25, -0.2) is 9.18 Å². The molecule has 1 aromatic heterocycles. The number of carboxylic acid groups (broad SMARTS) is 1. The largest absolute Gasteiger partial charge is 0.476 e. The number of anilines is 1. The van der Waals surface area contributed by atoms with Gasteiger partial charge in [-0.3, -0.25) is 0 Å². The highest BCUT2D eigenvalue weighted by atomic mass is 19.1. The van der Waals surface area contributed by atoms with E-state index >= 15 is 0 Å². The van der Waals surface area contributed by atoms with Gasteiger partial charge in [0, 0.05) is 5.56 Å². The van der Waals surface area contributed by atoms with E-state index in [1.807, 2.05) is 0 Å². The van der Waals surface area contributed by atoms with E-state index in [2.05, 4.69) is 4.98 Å². The molecule has 0 aliphatic heterocycles. The predicted molar refractivity (Wildman–Crippen MR) is 53.3 cm³/mol. The van der Waals surface area contributed by atoms with Crippen molar-refractivity contribution in [2.24, 2.45) is 0 Å². The van der Waals surface area contributed by atoms with Crippen molar-refractivity contribution in [3.05, 3.63) is 35.8 Å². The van der Waals surface area contributed by atoms with Gasteiger partial charge in [0.15, 0.2) is 11.5 Å². The topological polar surface area (TPSA) is 89.3 Å². The molecule has 0 atom stereocenters. The molecule has 2 rings (SSSR count). The van der Waals surface area contributed by atoms with Gasteiger partial charge in [-0.1, -0.05) is 0 Å². The Morgan fingerprint density at radius 3 is 2.56 bits per heavy atom. The lowest BCUT2D eigenvalue weighted by Gasteiger charge is -1.97. The summed E-state index contributed by atoms with van der Waals surface area (Å²) in [5.41, 5.74) is 5.39. The summed E-state index contributed by atoms with van der Waals surface area (Å²) in [6, 6.07) is 4.93. The summed E-state index contributed by atoms with van der Waals surface area (Å²) in [6.45, 7) is 0. The predicted octanol–water partition coefficient (Wildman–Crippen LogP) is 1.76. The molecule has 1 aromatic carbocycles. The molecule has 2 aromatic rings. The first-order chi connectivity index (χ1) is 7.58. The summed E-state index contributed by atoms with van der Waals surface area (Å²) in [7, 11) is 0. The number of hydrogen-bond acceptors (Lipinski definition) is 4. The third-order valence-corrected chi connectivity index (χ3v) is 1.95. The van der Waals surface area contributed by atoms with E-state index in [9.17, 15) is 9.18 Å². The first kappa shape index (κ1) is 10.2. The van der Waals surface area contributed by atoms with Gasteiger partial charge in [0.05, 0.1) is 0 Å². The van der Waals surface area contributed by atoms with Crippen LogP contribution >= 0.6 is 0 Å². The number of aromatic carboxylic acids is 1. The lowest BCUT2D eigenvalue weighted by Crippen LogP contribution is -1.99. The van der Waals surface area contributed by atoms with Gasteiger partial charge in [-0.2, -0.15) is 4.98 Å². The van der Waals surface area contributed by atoms with Crippen molar-refractivity contribution in [3.63, 3.8) is 0 Å². The van der Waals surface area contributed by atoms with Crippen LogP contribution in [-0.2, 0) is 0 Å². The maximum atomic E-state index is 12.7. The van der Waals surface area contributed by atoms with Crippen molar-refractivity contribution in [2.75, 3.05) is 5.73 Å². The summed E-state index contributed by atoms with van der Waals surface area (Å²) in [4.78, 5) is 14.3. The fourth-order valence-electron chi connectivity index (χ4n) is 1.28. The van der Waals surface area contributed by atoms with Crippen LogP contribution in [0.3, 0.4) is 0 Å². The zero-order chi connectivity index (χ0) is 11.7. The average Bonchev–Trinajstić information content (AvgIpc) is 2.61. The number of halogens is 1. The second-order valence-electron chi connectivity index (χ2n) is 3.04. The molecule has 1 heterocycles. The number of carboxylic acids is 1. The minimum absolute atomic E-state index is 0.0185. The number of oxazole rings is 1. The second kappa shape index (κ2) is 3.65. The number of nitrogens with two attached hydrogens (primary N) is 1. The van der Waals surface area contributed by atoms with Crippen LogP contribution in [0.5, 0.6) is 0 Å². The highest BCUT2D eigenvalue weighted by Gasteiger charge is 2.19. The van der Waals surface area contributed by atoms with E-state index in [4.69, 9.17) is 15.3 Å². The van der Waals surface area contributed by atoms with E-state index in [1.54, 1.807) is 0 Å². The number of nitrogens with zero attached hydrogens (tertiary/aromatic N) is 1. The van der Waals surface area contributed by atoms with Crippen LogP contribution in [-0.4, -0.2) is 16.1 Å². The number of hydrogen-bond donors (Lipinski definition) is 2. The molecular weight excluding hydrogens is 215 g/mol. The van der Waals surface area contributed by atoms with Gasteiger partial charge in [0.1, 0.15) is 5.82 Å². The van der Waals surface area contributed by atoms with E-state index in [0.717, 1.165) is 0 Å². The molecule has 0 unspecified atom stereocenters. The van der Waals surface area contributed by atoms with Crippen LogP contribution in [0.4, 0.5) is 10.4 Å². The Hall–Kier alpha value is -2.37.